The second-order valence-corrected chi connectivity index (χ2v) is 7.13. The van der Waals surface area contributed by atoms with Crippen molar-refractivity contribution in [3.8, 4) is 0 Å². The molecule has 1 fully saturated rings. The van der Waals surface area contributed by atoms with E-state index in [1.54, 1.807) is 6.08 Å². The van der Waals surface area contributed by atoms with Gasteiger partial charge in [0, 0.05) is 0 Å². The van der Waals surface area contributed by atoms with Gasteiger partial charge in [-0.05, 0) is 25.0 Å². The van der Waals surface area contributed by atoms with E-state index < -0.39 is 5.79 Å². The average molecular weight is 368 g/mol. The van der Waals surface area contributed by atoms with Crippen molar-refractivity contribution in [3.63, 3.8) is 0 Å². The third kappa shape index (κ3) is 5.75. The molecule has 0 aliphatic carbocycles. The minimum Gasteiger partial charge on any atom is -0.368 e. The van der Waals surface area contributed by atoms with Crippen LogP contribution in [0.3, 0.4) is 0 Å². The molecule has 0 spiro atoms. The number of benzene rings is 2. The molecular weight excluding hydrogens is 340 g/mol. The molecule has 0 radical (unpaired) electrons. The van der Waals surface area contributed by atoms with Crippen LogP contribution in [0.5, 0.6) is 0 Å². The van der Waals surface area contributed by atoms with Gasteiger partial charge in [0.2, 0.25) is 0 Å². The molecule has 1 aliphatic rings. The van der Waals surface area contributed by atoms with Crippen molar-refractivity contribution in [2.45, 2.75) is 51.2 Å². The van der Waals surface area contributed by atoms with Crippen LogP contribution in [-0.2, 0) is 32.2 Å². The Morgan fingerprint density at radius 3 is 2.04 bits per heavy atom. The summed E-state index contributed by atoms with van der Waals surface area (Å²) in [6.07, 6.45) is 0.944. The molecule has 0 unspecified atom stereocenters. The molecule has 27 heavy (non-hydrogen) atoms. The largest absolute Gasteiger partial charge is 0.368 e. The first kappa shape index (κ1) is 19.8. The molecule has 0 aromatic heterocycles. The Morgan fingerprint density at radius 2 is 1.56 bits per heavy atom. The fraction of sp³-hybridized carbons (Fsp3) is 0.391. The molecule has 4 nitrogen and oxygen atoms in total. The molecule has 3 atom stereocenters. The van der Waals surface area contributed by atoms with E-state index in [4.69, 9.17) is 18.9 Å². The van der Waals surface area contributed by atoms with E-state index in [0.29, 0.717) is 19.8 Å². The Morgan fingerprint density at radius 1 is 1.00 bits per heavy atom. The van der Waals surface area contributed by atoms with Crippen LogP contribution in [0.25, 0.3) is 0 Å². The van der Waals surface area contributed by atoms with E-state index in [9.17, 15) is 0 Å². The number of hydrogen-bond acceptors (Lipinski definition) is 4. The molecule has 3 rings (SSSR count). The van der Waals surface area contributed by atoms with Crippen molar-refractivity contribution in [2.75, 3.05) is 6.61 Å². The van der Waals surface area contributed by atoms with Gasteiger partial charge in [-0.2, -0.15) is 0 Å². The predicted molar refractivity (Wildman–Crippen MR) is 105 cm³/mol. The Hall–Kier alpha value is -1.98. The lowest BCUT2D eigenvalue weighted by molar-refractivity contribution is -0.173. The van der Waals surface area contributed by atoms with Crippen LogP contribution in [0.15, 0.2) is 73.3 Å². The molecule has 0 amide bonds. The first-order valence-electron chi connectivity index (χ1n) is 9.33. The van der Waals surface area contributed by atoms with E-state index in [1.165, 1.54) is 0 Å². The minimum absolute atomic E-state index is 0.220. The summed E-state index contributed by atoms with van der Waals surface area (Å²) in [6, 6.07) is 20.2. The van der Waals surface area contributed by atoms with Gasteiger partial charge in [0.25, 0.3) is 0 Å². The van der Waals surface area contributed by atoms with Crippen molar-refractivity contribution < 1.29 is 18.9 Å². The molecule has 1 heterocycles. The molecule has 2 aromatic rings. The highest BCUT2D eigenvalue weighted by Gasteiger charge is 2.41. The summed E-state index contributed by atoms with van der Waals surface area (Å²) in [5.74, 6) is -0.621. The van der Waals surface area contributed by atoms with Crippen LogP contribution in [0.2, 0.25) is 0 Å². The molecule has 1 saturated heterocycles. The number of rotatable bonds is 9. The molecular formula is C23H28O4. The zero-order chi connectivity index (χ0) is 19.1. The summed E-state index contributed by atoms with van der Waals surface area (Å²) in [6.45, 7) is 9.21. The van der Waals surface area contributed by atoms with Crippen molar-refractivity contribution >= 4 is 0 Å². The van der Waals surface area contributed by atoms with E-state index in [2.05, 4.69) is 6.58 Å². The van der Waals surface area contributed by atoms with Crippen molar-refractivity contribution in [3.05, 3.63) is 84.4 Å². The van der Waals surface area contributed by atoms with Crippen LogP contribution in [-0.4, -0.2) is 30.7 Å². The molecule has 144 valence electrons. The van der Waals surface area contributed by atoms with Crippen LogP contribution < -0.4 is 0 Å². The lowest BCUT2D eigenvalue weighted by atomic mass is 10.1. The molecule has 0 bridgehead atoms. The maximum absolute atomic E-state index is 6.25. The van der Waals surface area contributed by atoms with Gasteiger partial charge in [-0.1, -0.05) is 66.7 Å². The summed E-state index contributed by atoms with van der Waals surface area (Å²) in [4.78, 5) is 0. The Balaban J connectivity index is 1.69. The van der Waals surface area contributed by atoms with Gasteiger partial charge in [0.05, 0.1) is 19.8 Å². The van der Waals surface area contributed by atoms with E-state index >= 15 is 0 Å². The third-order valence-corrected chi connectivity index (χ3v) is 4.52. The predicted octanol–water partition coefficient (Wildman–Crippen LogP) is 4.49. The van der Waals surface area contributed by atoms with Gasteiger partial charge in [0.1, 0.15) is 18.3 Å². The Bertz CT molecular complexity index is 699. The fourth-order valence-corrected chi connectivity index (χ4v) is 3.12. The second-order valence-electron chi connectivity index (χ2n) is 7.13. The van der Waals surface area contributed by atoms with Crippen LogP contribution in [0, 0.1) is 0 Å². The fourth-order valence-electron chi connectivity index (χ4n) is 3.12. The zero-order valence-electron chi connectivity index (χ0n) is 16.0. The summed E-state index contributed by atoms with van der Waals surface area (Å²) >= 11 is 0. The van der Waals surface area contributed by atoms with E-state index in [1.807, 2.05) is 74.5 Å². The van der Waals surface area contributed by atoms with Crippen molar-refractivity contribution in [1.29, 1.82) is 0 Å². The maximum Gasteiger partial charge on any atom is 0.163 e. The quantitative estimate of drug-likeness (QED) is 0.611. The monoisotopic (exact) mass is 368 g/mol. The lowest BCUT2D eigenvalue weighted by Crippen LogP contribution is -2.42. The van der Waals surface area contributed by atoms with Crippen molar-refractivity contribution in [2.24, 2.45) is 0 Å². The highest BCUT2D eigenvalue weighted by atomic mass is 16.8. The average Bonchev–Trinajstić information content (AvgIpc) is 3.05. The van der Waals surface area contributed by atoms with Gasteiger partial charge in [-0.15, -0.1) is 6.58 Å². The van der Waals surface area contributed by atoms with E-state index in [-0.39, 0.29) is 18.3 Å². The van der Waals surface area contributed by atoms with Gasteiger partial charge >= 0.3 is 0 Å². The van der Waals surface area contributed by atoms with Crippen LogP contribution in [0.1, 0.15) is 25.0 Å². The third-order valence-electron chi connectivity index (χ3n) is 4.52. The maximum atomic E-state index is 6.25. The first-order valence-corrected chi connectivity index (χ1v) is 9.33. The SMILES string of the molecule is C=C[C@H](OCc1ccccc1)[C@H](OCc1ccccc1)[C@H]1COC(C)(C)O1. The van der Waals surface area contributed by atoms with Crippen LogP contribution in [0.4, 0.5) is 0 Å². The lowest BCUT2D eigenvalue weighted by Gasteiger charge is -2.30. The number of hydrogen-bond donors (Lipinski definition) is 0. The Kier molecular flexibility index (Phi) is 6.80. The van der Waals surface area contributed by atoms with Gasteiger partial charge in [-0.3, -0.25) is 0 Å². The molecule has 4 heteroatoms. The smallest absolute Gasteiger partial charge is 0.163 e. The molecule has 1 aliphatic heterocycles. The van der Waals surface area contributed by atoms with Gasteiger partial charge in [-0.25, -0.2) is 0 Å². The highest BCUT2D eigenvalue weighted by Crippen LogP contribution is 2.28. The van der Waals surface area contributed by atoms with E-state index in [0.717, 1.165) is 11.1 Å². The summed E-state index contributed by atoms with van der Waals surface area (Å²) < 4.78 is 24.2. The Labute approximate surface area is 161 Å². The second kappa shape index (κ2) is 9.29. The zero-order valence-corrected chi connectivity index (χ0v) is 16.0. The standard InChI is InChI=1S/C23H28O4/c1-4-20(24-15-18-11-7-5-8-12-18)22(21-17-26-23(2,3)27-21)25-16-19-13-9-6-10-14-19/h4-14,20-22H,1,15-17H2,2-3H3/t20-,21+,22-/m0/s1. The molecule has 0 N–H and O–H groups in total. The van der Waals surface area contributed by atoms with Gasteiger partial charge < -0.3 is 18.9 Å². The van der Waals surface area contributed by atoms with Crippen LogP contribution >= 0.6 is 0 Å². The molecule has 2 aromatic carbocycles. The summed E-state index contributed by atoms with van der Waals surface area (Å²) in [5.41, 5.74) is 2.21. The number of ether oxygens (including phenoxy) is 4. The summed E-state index contributed by atoms with van der Waals surface area (Å²) in [5, 5.41) is 0. The normalized spacial score (nSPS) is 20.9. The van der Waals surface area contributed by atoms with Crippen molar-refractivity contribution in [1.82, 2.24) is 0 Å². The molecule has 0 saturated carbocycles. The minimum atomic E-state index is -0.621. The summed E-state index contributed by atoms with van der Waals surface area (Å²) in [7, 11) is 0. The van der Waals surface area contributed by atoms with Gasteiger partial charge in [0.15, 0.2) is 5.79 Å². The first-order chi connectivity index (χ1) is 13.1. The topological polar surface area (TPSA) is 36.9 Å². The highest BCUT2D eigenvalue weighted by molar-refractivity contribution is 5.14.